The molecule has 1 heterocycles. The van der Waals surface area contributed by atoms with Crippen LogP contribution in [0.3, 0.4) is 0 Å². The number of benzene rings is 2. The molecular weight excluding hydrogens is 334 g/mol. The molecule has 3 rings (SSSR count). The van der Waals surface area contributed by atoms with E-state index in [0.29, 0.717) is 16.9 Å². The van der Waals surface area contributed by atoms with E-state index in [9.17, 15) is 5.11 Å². The van der Waals surface area contributed by atoms with Gasteiger partial charge in [-0.25, -0.2) is 0 Å². The van der Waals surface area contributed by atoms with Crippen LogP contribution in [0.5, 0.6) is 5.75 Å². The predicted octanol–water partition coefficient (Wildman–Crippen LogP) is 3.82. The molecule has 0 saturated heterocycles. The van der Waals surface area contributed by atoms with Crippen LogP contribution in [0.1, 0.15) is 5.56 Å². The number of aromatic nitrogens is 2. The molecule has 2 aromatic carbocycles. The first-order valence-electron chi connectivity index (χ1n) is 6.31. The molecule has 0 atom stereocenters. The van der Waals surface area contributed by atoms with Crippen LogP contribution in [-0.4, -0.2) is 15.3 Å². The maximum absolute atomic E-state index is 9.93. The Labute approximate surface area is 129 Å². The lowest BCUT2D eigenvalue weighted by atomic mass is 10.1. The second kappa shape index (κ2) is 5.97. The third kappa shape index (κ3) is 3.05. The monoisotopic (exact) mass is 345 g/mol. The standard InChI is InChI=1S/C15H12BrN3O2/c16-13-3-1-2-11(14(13)20)8-17-12-6-4-10(5-7-12)15-19-18-9-21-15/h1-7,9,17,20H,8H2. The van der Waals surface area contributed by atoms with Gasteiger partial charge in [0.05, 0.1) is 4.47 Å². The smallest absolute Gasteiger partial charge is 0.247 e. The van der Waals surface area contributed by atoms with Crippen LogP contribution in [0, 0.1) is 0 Å². The summed E-state index contributed by atoms with van der Waals surface area (Å²) in [5.41, 5.74) is 2.63. The van der Waals surface area contributed by atoms with Crippen LogP contribution >= 0.6 is 15.9 Å². The fourth-order valence-corrected chi connectivity index (χ4v) is 2.34. The Morgan fingerprint density at radius 1 is 1.14 bits per heavy atom. The van der Waals surface area contributed by atoms with Gasteiger partial charge in [0.2, 0.25) is 12.3 Å². The summed E-state index contributed by atoms with van der Waals surface area (Å²) in [7, 11) is 0. The Balaban J connectivity index is 1.70. The van der Waals surface area contributed by atoms with E-state index in [4.69, 9.17) is 4.42 Å². The van der Waals surface area contributed by atoms with E-state index in [1.54, 1.807) is 6.07 Å². The molecule has 5 nitrogen and oxygen atoms in total. The molecule has 6 heteroatoms. The van der Waals surface area contributed by atoms with Crippen LogP contribution in [0.15, 0.2) is 57.7 Å². The summed E-state index contributed by atoms with van der Waals surface area (Å²) in [6.45, 7) is 0.533. The van der Waals surface area contributed by atoms with E-state index in [1.807, 2.05) is 36.4 Å². The zero-order valence-corrected chi connectivity index (χ0v) is 12.5. The van der Waals surface area contributed by atoms with Crippen LogP contribution < -0.4 is 5.32 Å². The lowest BCUT2D eigenvalue weighted by molar-refractivity contribution is 0.465. The molecule has 0 bridgehead atoms. The van der Waals surface area contributed by atoms with Crippen molar-refractivity contribution < 1.29 is 9.52 Å². The first-order chi connectivity index (χ1) is 10.2. The fraction of sp³-hybridized carbons (Fsp3) is 0.0667. The largest absolute Gasteiger partial charge is 0.506 e. The highest BCUT2D eigenvalue weighted by Crippen LogP contribution is 2.28. The fourth-order valence-electron chi connectivity index (χ4n) is 1.93. The van der Waals surface area contributed by atoms with Crippen molar-refractivity contribution in [2.75, 3.05) is 5.32 Å². The van der Waals surface area contributed by atoms with E-state index in [0.717, 1.165) is 16.8 Å². The zero-order chi connectivity index (χ0) is 14.7. The number of halogens is 1. The Morgan fingerprint density at radius 2 is 1.95 bits per heavy atom. The highest BCUT2D eigenvalue weighted by molar-refractivity contribution is 9.10. The van der Waals surface area contributed by atoms with Gasteiger partial charge in [0.1, 0.15) is 5.75 Å². The average Bonchev–Trinajstić information content (AvgIpc) is 3.04. The lowest BCUT2D eigenvalue weighted by Gasteiger charge is -2.09. The Morgan fingerprint density at radius 3 is 2.67 bits per heavy atom. The number of hydrogen-bond donors (Lipinski definition) is 2. The van der Waals surface area contributed by atoms with Gasteiger partial charge in [-0.05, 0) is 46.3 Å². The van der Waals surface area contributed by atoms with Crippen LogP contribution in [-0.2, 0) is 6.54 Å². The van der Waals surface area contributed by atoms with Gasteiger partial charge >= 0.3 is 0 Å². The van der Waals surface area contributed by atoms with Crippen LogP contribution in [0.25, 0.3) is 11.5 Å². The minimum absolute atomic E-state index is 0.257. The summed E-state index contributed by atoms with van der Waals surface area (Å²) in [5, 5.41) is 20.7. The minimum atomic E-state index is 0.257. The molecule has 0 saturated carbocycles. The molecule has 2 N–H and O–H groups in total. The topological polar surface area (TPSA) is 71.2 Å². The van der Waals surface area contributed by atoms with Gasteiger partial charge in [-0.3, -0.25) is 0 Å². The van der Waals surface area contributed by atoms with E-state index in [-0.39, 0.29) is 5.75 Å². The number of hydrogen-bond acceptors (Lipinski definition) is 5. The average molecular weight is 346 g/mol. The summed E-state index contributed by atoms with van der Waals surface area (Å²) in [4.78, 5) is 0. The molecule has 0 fully saturated rings. The highest BCUT2D eigenvalue weighted by atomic mass is 79.9. The number of phenolic OH excluding ortho intramolecular Hbond substituents is 1. The van der Waals surface area contributed by atoms with E-state index >= 15 is 0 Å². The van der Waals surface area contributed by atoms with Gasteiger partial charge in [0.25, 0.3) is 0 Å². The molecular formula is C15H12BrN3O2. The second-order valence-corrected chi connectivity index (χ2v) is 5.28. The van der Waals surface area contributed by atoms with Crippen LogP contribution in [0.4, 0.5) is 5.69 Å². The first kappa shape index (κ1) is 13.6. The molecule has 106 valence electrons. The summed E-state index contributed by atoms with van der Waals surface area (Å²) >= 11 is 3.30. The molecule has 21 heavy (non-hydrogen) atoms. The van der Waals surface area contributed by atoms with Crippen LogP contribution in [0.2, 0.25) is 0 Å². The maximum Gasteiger partial charge on any atom is 0.247 e. The van der Waals surface area contributed by atoms with Gasteiger partial charge < -0.3 is 14.8 Å². The SMILES string of the molecule is Oc1c(Br)cccc1CNc1ccc(-c2nnco2)cc1. The van der Waals surface area contributed by atoms with Crippen molar-refractivity contribution in [3.63, 3.8) is 0 Å². The van der Waals surface area contributed by atoms with Crippen molar-refractivity contribution in [1.82, 2.24) is 10.2 Å². The highest BCUT2D eigenvalue weighted by Gasteiger charge is 2.05. The Hall–Kier alpha value is -2.34. The number of nitrogens with one attached hydrogen (secondary N) is 1. The summed E-state index contributed by atoms with van der Waals surface area (Å²) in [6, 6.07) is 13.2. The number of aromatic hydroxyl groups is 1. The second-order valence-electron chi connectivity index (χ2n) is 4.42. The molecule has 3 aromatic rings. The van der Waals surface area contributed by atoms with Gasteiger partial charge in [0.15, 0.2) is 0 Å². The molecule has 1 aromatic heterocycles. The maximum atomic E-state index is 9.93. The molecule has 0 spiro atoms. The van der Waals surface area contributed by atoms with Crippen molar-refractivity contribution in [1.29, 1.82) is 0 Å². The third-order valence-corrected chi connectivity index (χ3v) is 3.69. The molecule has 0 radical (unpaired) electrons. The molecule has 0 aliphatic heterocycles. The summed E-state index contributed by atoms with van der Waals surface area (Å²) in [6.07, 6.45) is 1.30. The van der Waals surface area contributed by atoms with Crippen molar-refractivity contribution in [3.05, 3.63) is 58.9 Å². The number of phenols is 1. The van der Waals surface area contributed by atoms with Crippen molar-refractivity contribution in [2.24, 2.45) is 0 Å². The van der Waals surface area contributed by atoms with Crippen molar-refractivity contribution in [2.45, 2.75) is 6.54 Å². The molecule has 0 unspecified atom stereocenters. The quantitative estimate of drug-likeness (QED) is 0.752. The third-order valence-electron chi connectivity index (χ3n) is 3.05. The number of anilines is 1. The van der Waals surface area contributed by atoms with E-state index in [1.165, 1.54) is 6.39 Å². The van der Waals surface area contributed by atoms with E-state index < -0.39 is 0 Å². The predicted molar refractivity (Wildman–Crippen MR) is 82.9 cm³/mol. The molecule has 0 aliphatic rings. The minimum Gasteiger partial charge on any atom is -0.506 e. The number of para-hydroxylation sites is 1. The zero-order valence-electron chi connectivity index (χ0n) is 11.0. The Bertz CT molecular complexity index is 727. The van der Waals surface area contributed by atoms with E-state index in [2.05, 4.69) is 31.4 Å². The Kier molecular flexibility index (Phi) is 3.87. The van der Waals surface area contributed by atoms with Gasteiger partial charge in [0, 0.05) is 23.4 Å². The summed E-state index contributed by atoms with van der Waals surface area (Å²) in [5.74, 6) is 0.749. The van der Waals surface area contributed by atoms with Gasteiger partial charge in [-0.15, -0.1) is 10.2 Å². The summed E-state index contributed by atoms with van der Waals surface area (Å²) < 4.78 is 5.83. The van der Waals surface area contributed by atoms with Crippen molar-refractivity contribution >= 4 is 21.6 Å². The lowest BCUT2D eigenvalue weighted by Crippen LogP contribution is -1.99. The normalized spacial score (nSPS) is 10.5. The van der Waals surface area contributed by atoms with Gasteiger partial charge in [-0.2, -0.15) is 0 Å². The molecule has 0 amide bonds. The number of nitrogens with zero attached hydrogens (tertiary/aromatic N) is 2. The van der Waals surface area contributed by atoms with Gasteiger partial charge in [-0.1, -0.05) is 12.1 Å². The van der Waals surface area contributed by atoms with Crippen molar-refractivity contribution in [3.8, 4) is 17.2 Å². The number of rotatable bonds is 4. The molecule has 0 aliphatic carbocycles. The first-order valence-corrected chi connectivity index (χ1v) is 7.10.